The first-order chi connectivity index (χ1) is 6.64. The van der Waals surface area contributed by atoms with E-state index in [1.54, 1.807) is 0 Å². The van der Waals surface area contributed by atoms with Crippen LogP contribution in [0.3, 0.4) is 0 Å². The van der Waals surface area contributed by atoms with Crippen molar-refractivity contribution in [3.05, 3.63) is 23.2 Å². The molecule has 1 rings (SSSR count). The van der Waals surface area contributed by atoms with Gasteiger partial charge in [0.05, 0.1) is 5.02 Å². The van der Waals surface area contributed by atoms with E-state index in [9.17, 15) is 16.8 Å². The van der Waals surface area contributed by atoms with Crippen molar-refractivity contribution >= 4 is 51.1 Å². The average Bonchev–Trinajstić information content (AvgIpc) is 1.99. The molecule has 0 atom stereocenters. The Morgan fingerprint density at radius 3 is 1.80 bits per heavy atom. The first-order valence-corrected chi connectivity index (χ1v) is 8.31. The molecule has 0 bridgehead atoms. The molecule has 0 unspecified atom stereocenters. The van der Waals surface area contributed by atoms with Crippen LogP contribution in [0.5, 0.6) is 0 Å². The molecule has 0 radical (unpaired) electrons. The fraction of sp³-hybridized carbons (Fsp3) is 0. The highest BCUT2D eigenvalue weighted by atomic mass is 35.7. The molecule has 0 N–H and O–H groups in total. The van der Waals surface area contributed by atoms with Crippen LogP contribution in [0.4, 0.5) is 0 Å². The van der Waals surface area contributed by atoms with Gasteiger partial charge in [0.1, 0.15) is 9.79 Å². The number of benzene rings is 1. The minimum Gasteiger partial charge on any atom is -0.207 e. The van der Waals surface area contributed by atoms with Gasteiger partial charge in [-0.3, -0.25) is 0 Å². The Balaban J connectivity index is 3.79. The SMILES string of the molecule is O=S(=O)(Cl)c1cccc(Cl)c1S(=O)(=O)Cl. The molecule has 1 aromatic rings. The summed E-state index contributed by atoms with van der Waals surface area (Å²) >= 11 is 5.53. The second-order valence-corrected chi connectivity index (χ2v) is 7.89. The van der Waals surface area contributed by atoms with E-state index in [0.29, 0.717) is 0 Å². The summed E-state index contributed by atoms with van der Waals surface area (Å²) in [6.07, 6.45) is 0. The van der Waals surface area contributed by atoms with Crippen molar-refractivity contribution in [2.75, 3.05) is 0 Å². The van der Waals surface area contributed by atoms with Crippen LogP contribution in [0.1, 0.15) is 0 Å². The van der Waals surface area contributed by atoms with E-state index in [2.05, 4.69) is 0 Å². The van der Waals surface area contributed by atoms with Crippen LogP contribution < -0.4 is 0 Å². The molecule has 1 aromatic carbocycles. The summed E-state index contributed by atoms with van der Waals surface area (Å²) in [5, 5.41) is -0.299. The summed E-state index contributed by atoms with van der Waals surface area (Å²) in [6.45, 7) is 0. The Morgan fingerprint density at radius 2 is 1.47 bits per heavy atom. The van der Waals surface area contributed by atoms with Crippen LogP contribution in [-0.2, 0) is 18.1 Å². The summed E-state index contributed by atoms with van der Waals surface area (Å²) in [6, 6.07) is 3.45. The van der Waals surface area contributed by atoms with E-state index < -0.39 is 27.9 Å². The topological polar surface area (TPSA) is 68.3 Å². The lowest BCUT2D eigenvalue weighted by Gasteiger charge is -2.04. The largest absolute Gasteiger partial charge is 0.264 e. The van der Waals surface area contributed by atoms with Crippen molar-refractivity contribution in [2.45, 2.75) is 9.79 Å². The van der Waals surface area contributed by atoms with E-state index in [0.717, 1.165) is 6.07 Å². The maximum absolute atomic E-state index is 11.1. The minimum atomic E-state index is -4.27. The highest BCUT2D eigenvalue weighted by molar-refractivity contribution is 8.16. The highest BCUT2D eigenvalue weighted by Crippen LogP contribution is 2.32. The van der Waals surface area contributed by atoms with Crippen LogP contribution in [0.25, 0.3) is 0 Å². The van der Waals surface area contributed by atoms with Gasteiger partial charge in [-0.25, -0.2) is 16.8 Å². The fourth-order valence-corrected chi connectivity index (χ4v) is 4.57. The van der Waals surface area contributed by atoms with Crippen molar-refractivity contribution in [2.24, 2.45) is 0 Å². The van der Waals surface area contributed by atoms with Crippen molar-refractivity contribution in [1.82, 2.24) is 0 Å². The van der Waals surface area contributed by atoms with E-state index in [4.69, 9.17) is 33.0 Å². The molecular weight excluding hydrogens is 307 g/mol. The molecule has 0 aliphatic carbocycles. The smallest absolute Gasteiger partial charge is 0.207 e. The Hall–Kier alpha value is -0.0100. The number of hydrogen-bond donors (Lipinski definition) is 0. The van der Waals surface area contributed by atoms with E-state index in [1.807, 2.05) is 0 Å². The molecule has 0 saturated heterocycles. The standard InChI is InChI=1S/C6H3Cl3O4S2/c7-4-2-1-3-5(14(8,10)11)6(4)15(9,12)13/h1-3H. The third-order valence-corrected chi connectivity index (χ3v) is 4.75. The normalized spacial score (nSPS) is 12.7. The van der Waals surface area contributed by atoms with E-state index >= 15 is 0 Å². The third-order valence-electron chi connectivity index (χ3n) is 1.44. The van der Waals surface area contributed by atoms with Crippen LogP contribution in [0.15, 0.2) is 28.0 Å². The monoisotopic (exact) mass is 308 g/mol. The molecule has 0 aliphatic heterocycles. The molecule has 4 nitrogen and oxygen atoms in total. The van der Waals surface area contributed by atoms with Crippen LogP contribution >= 0.6 is 33.0 Å². The van der Waals surface area contributed by atoms with Gasteiger partial charge in [-0.15, -0.1) is 0 Å². The summed E-state index contributed by atoms with van der Waals surface area (Å²) in [5.41, 5.74) is 0. The molecule has 15 heavy (non-hydrogen) atoms. The highest BCUT2D eigenvalue weighted by Gasteiger charge is 2.26. The van der Waals surface area contributed by atoms with Crippen molar-refractivity contribution in [3.63, 3.8) is 0 Å². The molecule has 0 aromatic heterocycles. The number of halogens is 3. The Bertz CT molecular complexity index is 591. The van der Waals surface area contributed by atoms with Crippen molar-refractivity contribution < 1.29 is 16.8 Å². The molecule has 0 aliphatic rings. The maximum atomic E-state index is 11.1. The van der Waals surface area contributed by atoms with Gasteiger partial charge in [0.15, 0.2) is 0 Å². The molecule has 0 heterocycles. The zero-order chi connectivity index (χ0) is 11.9. The fourth-order valence-electron chi connectivity index (χ4n) is 0.918. The van der Waals surface area contributed by atoms with E-state index in [1.165, 1.54) is 12.1 Å². The molecule has 0 saturated carbocycles. The van der Waals surface area contributed by atoms with Gasteiger partial charge in [0.25, 0.3) is 18.1 Å². The first kappa shape index (κ1) is 13.1. The summed E-state index contributed by atoms with van der Waals surface area (Å²) in [5.74, 6) is 0. The summed E-state index contributed by atoms with van der Waals surface area (Å²) in [7, 11) is 1.59. The third kappa shape index (κ3) is 2.98. The first-order valence-electron chi connectivity index (χ1n) is 3.32. The Morgan fingerprint density at radius 1 is 0.933 bits per heavy atom. The van der Waals surface area contributed by atoms with Gasteiger partial charge < -0.3 is 0 Å². The summed E-state index contributed by atoms with van der Waals surface area (Å²) in [4.78, 5) is -1.34. The molecule has 0 amide bonds. The second kappa shape index (κ2) is 4.10. The van der Waals surface area contributed by atoms with Gasteiger partial charge in [0.2, 0.25) is 0 Å². The Labute approximate surface area is 101 Å². The Kier molecular flexibility index (Phi) is 3.57. The molecule has 0 fully saturated rings. The van der Waals surface area contributed by atoms with Crippen LogP contribution in [0, 0.1) is 0 Å². The van der Waals surface area contributed by atoms with Gasteiger partial charge >= 0.3 is 0 Å². The van der Waals surface area contributed by atoms with E-state index in [-0.39, 0.29) is 5.02 Å². The lowest BCUT2D eigenvalue weighted by Crippen LogP contribution is -2.01. The number of hydrogen-bond acceptors (Lipinski definition) is 4. The predicted octanol–water partition coefficient (Wildman–Crippen LogP) is 2.20. The van der Waals surface area contributed by atoms with Gasteiger partial charge in [-0.2, -0.15) is 0 Å². The summed E-state index contributed by atoms with van der Waals surface area (Å²) < 4.78 is 44.2. The number of rotatable bonds is 2. The zero-order valence-electron chi connectivity index (χ0n) is 6.82. The lowest BCUT2D eigenvalue weighted by molar-refractivity contribution is 0.597. The quantitative estimate of drug-likeness (QED) is 0.785. The molecular formula is C6H3Cl3O4S2. The molecule has 84 valence electrons. The second-order valence-electron chi connectivity index (χ2n) is 2.44. The average molecular weight is 310 g/mol. The van der Waals surface area contributed by atoms with Gasteiger partial charge in [-0.05, 0) is 12.1 Å². The van der Waals surface area contributed by atoms with Crippen molar-refractivity contribution in [1.29, 1.82) is 0 Å². The minimum absolute atomic E-state index is 0.299. The molecule has 9 heteroatoms. The van der Waals surface area contributed by atoms with Gasteiger partial charge in [0, 0.05) is 21.4 Å². The predicted molar refractivity (Wildman–Crippen MR) is 57.5 cm³/mol. The zero-order valence-corrected chi connectivity index (χ0v) is 10.7. The van der Waals surface area contributed by atoms with Crippen molar-refractivity contribution in [3.8, 4) is 0 Å². The molecule has 0 spiro atoms. The van der Waals surface area contributed by atoms with Crippen LogP contribution in [0.2, 0.25) is 5.02 Å². The lowest BCUT2D eigenvalue weighted by atomic mass is 10.4. The maximum Gasteiger partial charge on any atom is 0.264 e. The van der Waals surface area contributed by atoms with Crippen LogP contribution in [-0.4, -0.2) is 16.8 Å². The van der Waals surface area contributed by atoms with Gasteiger partial charge in [-0.1, -0.05) is 17.7 Å².